The van der Waals surface area contributed by atoms with Crippen LogP contribution in [0, 0.1) is 5.92 Å². The van der Waals surface area contributed by atoms with Crippen LogP contribution in [0.3, 0.4) is 0 Å². The summed E-state index contributed by atoms with van der Waals surface area (Å²) in [6.07, 6.45) is 17.5. The Morgan fingerprint density at radius 3 is 2.45 bits per heavy atom. The summed E-state index contributed by atoms with van der Waals surface area (Å²) >= 11 is 0. The third-order valence-corrected chi connectivity index (χ3v) is 8.23. The number of carbonyl (C=O) groups is 1. The molecule has 0 radical (unpaired) electrons. The minimum absolute atomic E-state index is 0.144. The molecule has 0 aliphatic heterocycles. The number of unbranched alkanes of at least 4 members (excludes halogenated alkanes) is 6. The maximum atomic E-state index is 13.2. The molecule has 1 heterocycles. The average Bonchev–Trinajstić information content (AvgIpc) is 3.27. The Kier molecular flexibility index (Phi) is 10.7. The Labute approximate surface area is 230 Å². The van der Waals surface area contributed by atoms with Crippen LogP contribution in [0.15, 0.2) is 54.7 Å². The highest BCUT2D eigenvalue weighted by Gasteiger charge is 2.30. The van der Waals surface area contributed by atoms with E-state index in [2.05, 4.69) is 62.2 Å². The molecule has 3 aromatic rings. The van der Waals surface area contributed by atoms with Gasteiger partial charge in [-0.1, -0.05) is 109 Å². The van der Waals surface area contributed by atoms with Crippen LogP contribution in [0.2, 0.25) is 0 Å². The van der Waals surface area contributed by atoms with E-state index < -0.39 is 0 Å². The van der Waals surface area contributed by atoms with Crippen molar-refractivity contribution in [3.8, 4) is 22.6 Å². The van der Waals surface area contributed by atoms with Crippen molar-refractivity contribution >= 4 is 5.78 Å². The summed E-state index contributed by atoms with van der Waals surface area (Å²) < 4.78 is 0. The quantitative estimate of drug-likeness (QED) is 0.191. The lowest BCUT2D eigenvalue weighted by Crippen LogP contribution is -2.08. The number of nitrogens with zero attached hydrogens (tertiary/aromatic N) is 2. The molecule has 1 aromatic heterocycles. The van der Waals surface area contributed by atoms with Gasteiger partial charge in [0.05, 0.1) is 5.69 Å². The normalized spacial score (nSPS) is 15.6. The van der Waals surface area contributed by atoms with Gasteiger partial charge in [0.15, 0.2) is 11.6 Å². The second-order valence-electron chi connectivity index (χ2n) is 11.2. The van der Waals surface area contributed by atoms with Crippen LogP contribution >= 0.6 is 0 Å². The lowest BCUT2D eigenvalue weighted by atomic mass is 9.88. The summed E-state index contributed by atoms with van der Waals surface area (Å²) in [5.74, 6) is 1.76. The summed E-state index contributed by atoms with van der Waals surface area (Å²) in [4.78, 5) is 22.8. The molecule has 4 rings (SSSR count). The monoisotopic (exact) mass is 510 g/mol. The van der Waals surface area contributed by atoms with Gasteiger partial charge >= 0.3 is 0 Å². The van der Waals surface area contributed by atoms with Gasteiger partial charge < -0.3 is 0 Å². The number of carbonyl (C=O) groups excluding carboxylic acids is 1. The molecule has 0 fully saturated rings. The van der Waals surface area contributed by atoms with Crippen molar-refractivity contribution in [3.05, 3.63) is 71.4 Å². The fraction of sp³-hybridized carbons (Fsp3) is 0.514. The lowest BCUT2D eigenvalue weighted by Gasteiger charge is -2.17. The predicted octanol–water partition coefficient (Wildman–Crippen LogP) is 9.99. The summed E-state index contributed by atoms with van der Waals surface area (Å²) in [5, 5.41) is 0. The molecule has 38 heavy (non-hydrogen) atoms. The molecule has 1 aliphatic carbocycles. The fourth-order valence-electron chi connectivity index (χ4n) is 5.99. The van der Waals surface area contributed by atoms with Crippen LogP contribution in [0.1, 0.15) is 125 Å². The van der Waals surface area contributed by atoms with Gasteiger partial charge in [-0.15, -0.1) is 0 Å². The Hall–Kier alpha value is -2.81. The van der Waals surface area contributed by atoms with Crippen LogP contribution in [0.25, 0.3) is 22.6 Å². The second-order valence-corrected chi connectivity index (χ2v) is 11.2. The molecule has 0 saturated carbocycles. The Morgan fingerprint density at radius 2 is 1.63 bits per heavy atom. The van der Waals surface area contributed by atoms with Gasteiger partial charge in [0.25, 0.3) is 0 Å². The summed E-state index contributed by atoms with van der Waals surface area (Å²) in [6, 6.07) is 17.2. The molecule has 1 aliphatic rings. The van der Waals surface area contributed by atoms with Crippen LogP contribution in [-0.4, -0.2) is 15.8 Å². The number of aromatic nitrogens is 2. The zero-order chi connectivity index (χ0) is 26.7. The van der Waals surface area contributed by atoms with Crippen molar-refractivity contribution in [1.29, 1.82) is 0 Å². The maximum Gasteiger partial charge on any atom is 0.166 e. The van der Waals surface area contributed by atoms with Crippen LogP contribution in [0.4, 0.5) is 0 Å². The molecule has 0 spiro atoms. The molecule has 2 atom stereocenters. The third kappa shape index (κ3) is 7.18. The van der Waals surface area contributed by atoms with Crippen molar-refractivity contribution in [2.45, 2.75) is 110 Å². The lowest BCUT2D eigenvalue weighted by molar-refractivity contribution is 0.0929. The molecule has 0 amide bonds. The van der Waals surface area contributed by atoms with Gasteiger partial charge in [0.2, 0.25) is 0 Å². The molecule has 2 aromatic carbocycles. The van der Waals surface area contributed by atoms with Crippen molar-refractivity contribution in [2.24, 2.45) is 5.92 Å². The van der Waals surface area contributed by atoms with E-state index in [-0.39, 0.29) is 5.92 Å². The number of Topliss-reactive ketones (excluding diaryl/α,β-unsaturated/α-hetero) is 1. The average molecular weight is 511 g/mol. The first-order valence-electron chi connectivity index (χ1n) is 15.2. The van der Waals surface area contributed by atoms with Gasteiger partial charge in [0.1, 0.15) is 0 Å². The number of hydrogen-bond donors (Lipinski definition) is 0. The molecule has 0 N–H and O–H groups in total. The van der Waals surface area contributed by atoms with Crippen molar-refractivity contribution in [2.75, 3.05) is 0 Å². The number of hydrogen-bond acceptors (Lipinski definition) is 3. The Bertz CT molecular complexity index is 1180. The van der Waals surface area contributed by atoms with E-state index in [0.717, 1.165) is 41.6 Å². The molecular weight excluding hydrogens is 464 g/mol. The number of ketones is 1. The third-order valence-electron chi connectivity index (χ3n) is 8.23. The van der Waals surface area contributed by atoms with Gasteiger partial charge in [-0.05, 0) is 60.9 Å². The zero-order valence-corrected chi connectivity index (χ0v) is 23.8. The van der Waals surface area contributed by atoms with Gasteiger partial charge in [-0.3, -0.25) is 4.79 Å². The standard InChI is InChI=1S/C35H46N2O/c1-4-7-9-10-11-12-16-30-24-28-19-20-31(25-32(28)34(30)38)35-36-22-21-33(37-35)29-18-13-17-27(23-29)26(14-6-3)15-8-5-2/h13,17-23,25-26,30H,4-12,14-16,24H2,1-3H3. The van der Waals surface area contributed by atoms with E-state index >= 15 is 0 Å². The molecule has 2 unspecified atom stereocenters. The van der Waals surface area contributed by atoms with E-state index in [4.69, 9.17) is 4.98 Å². The summed E-state index contributed by atoms with van der Waals surface area (Å²) in [7, 11) is 0. The minimum atomic E-state index is 0.144. The largest absolute Gasteiger partial charge is 0.294 e. The van der Waals surface area contributed by atoms with E-state index in [1.54, 1.807) is 0 Å². The highest BCUT2D eigenvalue weighted by molar-refractivity contribution is 6.03. The molecular formula is C35H46N2O. The zero-order valence-electron chi connectivity index (χ0n) is 23.8. The fourth-order valence-corrected chi connectivity index (χ4v) is 5.99. The first-order valence-corrected chi connectivity index (χ1v) is 15.2. The number of benzene rings is 2. The minimum Gasteiger partial charge on any atom is -0.294 e. The highest BCUT2D eigenvalue weighted by Crippen LogP contribution is 2.34. The first-order chi connectivity index (χ1) is 18.6. The van der Waals surface area contributed by atoms with E-state index in [1.165, 1.54) is 75.3 Å². The molecule has 202 valence electrons. The highest BCUT2D eigenvalue weighted by atomic mass is 16.1. The van der Waals surface area contributed by atoms with Crippen LogP contribution in [-0.2, 0) is 6.42 Å². The number of rotatable bonds is 15. The van der Waals surface area contributed by atoms with Crippen molar-refractivity contribution in [3.63, 3.8) is 0 Å². The molecule has 3 nitrogen and oxygen atoms in total. The van der Waals surface area contributed by atoms with E-state index in [1.807, 2.05) is 18.3 Å². The SMILES string of the molecule is CCCCCCCCC1Cc2ccc(-c3nccc(-c4cccc(C(CCC)CCCC)c4)n3)cc2C1=O. The predicted molar refractivity (Wildman–Crippen MR) is 160 cm³/mol. The maximum absolute atomic E-state index is 13.2. The first kappa shape index (κ1) is 28.2. The van der Waals surface area contributed by atoms with Crippen LogP contribution < -0.4 is 0 Å². The summed E-state index contributed by atoms with van der Waals surface area (Å²) in [6.45, 7) is 6.79. The second kappa shape index (κ2) is 14.4. The molecule has 0 bridgehead atoms. The van der Waals surface area contributed by atoms with Gasteiger partial charge in [-0.25, -0.2) is 9.97 Å². The van der Waals surface area contributed by atoms with Crippen molar-refractivity contribution < 1.29 is 4.79 Å². The van der Waals surface area contributed by atoms with Crippen LogP contribution in [0.5, 0.6) is 0 Å². The van der Waals surface area contributed by atoms with E-state index in [9.17, 15) is 4.79 Å². The van der Waals surface area contributed by atoms with Gasteiger partial charge in [-0.2, -0.15) is 0 Å². The Morgan fingerprint density at radius 1 is 0.816 bits per heavy atom. The topological polar surface area (TPSA) is 42.9 Å². The Balaban J connectivity index is 1.47. The smallest absolute Gasteiger partial charge is 0.166 e. The molecule has 3 heteroatoms. The van der Waals surface area contributed by atoms with E-state index in [0.29, 0.717) is 17.5 Å². The van der Waals surface area contributed by atoms with Crippen molar-refractivity contribution in [1.82, 2.24) is 9.97 Å². The van der Waals surface area contributed by atoms with Gasteiger partial charge in [0, 0.05) is 28.8 Å². The number of fused-ring (bicyclic) bond motifs is 1. The summed E-state index contributed by atoms with van der Waals surface area (Å²) in [5.41, 5.74) is 6.50. The molecule has 0 saturated heterocycles.